The highest BCUT2D eigenvalue weighted by Crippen LogP contribution is 2.41. The van der Waals surface area contributed by atoms with Gasteiger partial charge in [0.15, 0.2) is 0 Å². The van der Waals surface area contributed by atoms with Crippen molar-refractivity contribution in [1.82, 2.24) is 14.9 Å². The maximum Gasteiger partial charge on any atom is 0.393 e. The van der Waals surface area contributed by atoms with E-state index in [-0.39, 0.29) is 37.6 Å². The molecule has 5 rings (SSSR count). The van der Waals surface area contributed by atoms with Gasteiger partial charge in [-0.25, -0.2) is 9.97 Å². The average Bonchev–Trinajstić information content (AvgIpc) is 3.49. The fraction of sp³-hybridized carbons (Fsp3) is 0.364. The molecule has 178 valence electrons. The van der Waals surface area contributed by atoms with Crippen LogP contribution in [0.1, 0.15) is 35.6 Å². The molecule has 4 heterocycles. The van der Waals surface area contributed by atoms with Gasteiger partial charge in [-0.05, 0) is 30.5 Å². The smallest absolute Gasteiger partial charge is 0.383 e. The van der Waals surface area contributed by atoms with Crippen molar-refractivity contribution in [3.8, 4) is 0 Å². The minimum atomic E-state index is -4.47. The molecule has 34 heavy (non-hydrogen) atoms. The van der Waals surface area contributed by atoms with Crippen molar-refractivity contribution in [3.05, 3.63) is 46.6 Å². The number of nitrogens with zero attached hydrogens (tertiary/aromatic N) is 3. The van der Waals surface area contributed by atoms with Crippen LogP contribution in [0.25, 0.3) is 10.2 Å². The highest BCUT2D eigenvalue weighted by Gasteiger charge is 2.46. The lowest BCUT2D eigenvalue weighted by molar-refractivity contribution is -0.192. The number of aromatic nitrogens is 2. The van der Waals surface area contributed by atoms with E-state index in [1.807, 2.05) is 6.07 Å². The van der Waals surface area contributed by atoms with Gasteiger partial charge in [-0.2, -0.15) is 13.2 Å². The highest BCUT2D eigenvalue weighted by molar-refractivity contribution is 7.16. The number of nitrogens with two attached hydrogens (primary N) is 1. The summed E-state index contributed by atoms with van der Waals surface area (Å²) in [7, 11) is 0. The normalized spacial score (nSPS) is 20.4. The van der Waals surface area contributed by atoms with Gasteiger partial charge >= 0.3 is 18.0 Å². The number of alkyl halides is 3. The maximum absolute atomic E-state index is 13.5. The number of pyridine rings is 1. The first-order valence-electron chi connectivity index (χ1n) is 10.6. The fourth-order valence-corrected chi connectivity index (χ4v) is 5.15. The molecule has 3 N–H and O–H groups in total. The maximum atomic E-state index is 13.5. The number of hydrogen-bond acceptors (Lipinski definition) is 7. The molecule has 0 bridgehead atoms. The summed E-state index contributed by atoms with van der Waals surface area (Å²) < 4.78 is 46.9. The van der Waals surface area contributed by atoms with Crippen molar-refractivity contribution >= 4 is 44.9 Å². The Morgan fingerprint density at radius 1 is 1.18 bits per heavy atom. The number of fused-ring (bicyclic) bond motifs is 2. The number of nitrogen functional groups attached to an aromatic ring is 1. The van der Waals surface area contributed by atoms with Gasteiger partial charge < -0.3 is 20.7 Å². The third kappa shape index (κ3) is 4.07. The lowest BCUT2D eigenvalue weighted by Crippen LogP contribution is -2.49. The van der Waals surface area contributed by atoms with E-state index in [9.17, 15) is 22.8 Å². The zero-order chi connectivity index (χ0) is 24.0. The number of thiazole rings is 1. The van der Waals surface area contributed by atoms with Gasteiger partial charge in [0.05, 0.1) is 52.8 Å². The van der Waals surface area contributed by atoms with Gasteiger partial charge in [0, 0.05) is 17.7 Å². The zero-order valence-electron chi connectivity index (χ0n) is 17.8. The van der Waals surface area contributed by atoms with Crippen LogP contribution >= 0.6 is 11.3 Å². The predicted octanol–water partition coefficient (Wildman–Crippen LogP) is 3.78. The van der Waals surface area contributed by atoms with Crippen LogP contribution in [0.5, 0.6) is 0 Å². The van der Waals surface area contributed by atoms with E-state index in [0.717, 1.165) is 9.60 Å². The number of carbonyl (C=O) groups is 2. The molecule has 2 aromatic heterocycles. The molecule has 0 saturated carbocycles. The summed E-state index contributed by atoms with van der Waals surface area (Å²) in [5, 5.41) is 2.50. The summed E-state index contributed by atoms with van der Waals surface area (Å²) in [4.78, 5) is 35.4. The molecule has 1 fully saturated rings. The number of rotatable bonds is 2. The quantitative estimate of drug-likeness (QED) is 0.528. The first-order chi connectivity index (χ1) is 16.2. The minimum Gasteiger partial charge on any atom is -0.383 e. The molecular weight excluding hydrogens is 471 g/mol. The highest BCUT2D eigenvalue weighted by atomic mass is 32.1. The van der Waals surface area contributed by atoms with Crippen molar-refractivity contribution in [3.63, 3.8) is 0 Å². The summed E-state index contributed by atoms with van der Waals surface area (Å²) >= 11 is 1.44. The van der Waals surface area contributed by atoms with Crippen LogP contribution in [-0.2, 0) is 27.5 Å². The molecule has 12 heteroatoms. The van der Waals surface area contributed by atoms with Gasteiger partial charge in [0.2, 0.25) is 0 Å². The van der Waals surface area contributed by atoms with Crippen molar-refractivity contribution in [2.45, 2.75) is 38.3 Å². The van der Waals surface area contributed by atoms with E-state index in [0.29, 0.717) is 22.2 Å². The summed E-state index contributed by atoms with van der Waals surface area (Å²) in [5.74, 6) is -3.53. The Morgan fingerprint density at radius 2 is 1.97 bits per heavy atom. The molecule has 3 aromatic rings. The first-order valence-corrected chi connectivity index (χ1v) is 11.5. The Bertz CT molecular complexity index is 1280. The number of benzene rings is 1. The van der Waals surface area contributed by atoms with Crippen molar-refractivity contribution in [2.24, 2.45) is 5.92 Å². The number of anilines is 2. The predicted molar refractivity (Wildman–Crippen MR) is 119 cm³/mol. The van der Waals surface area contributed by atoms with Gasteiger partial charge in [-0.3, -0.25) is 9.59 Å². The third-order valence-electron chi connectivity index (χ3n) is 6.31. The number of likely N-dealkylation sites (tertiary alicyclic amines) is 1. The number of amides is 2. The van der Waals surface area contributed by atoms with Crippen LogP contribution in [-0.4, -0.2) is 39.4 Å². The van der Waals surface area contributed by atoms with Crippen molar-refractivity contribution in [2.75, 3.05) is 17.6 Å². The number of carbonyl (C=O) groups excluding carboxylic acids is 2. The number of halogens is 3. The summed E-state index contributed by atoms with van der Waals surface area (Å²) in [6, 6.07) is 4.67. The molecule has 1 saturated heterocycles. The van der Waals surface area contributed by atoms with E-state index in [2.05, 4.69) is 15.3 Å². The van der Waals surface area contributed by atoms with Crippen molar-refractivity contribution < 1.29 is 27.5 Å². The molecular formula is C22H20F3N5O3S. The van der Waals surface area contributed by atoms with Gasteiger partial charge in [-0.15, -0.1) is 11.3 Å². The van der Waals surface area contributed by atoms with E-state index in [1.54, 1.807) is 17.6 Å². The van der Waals surface area contributed by atoms with E-state index in [1.165, 1.54) is 17.5 Å². The Kier molecular flexibility index (Phi) is 5.64. The molecule has 2 amide bonds. The number of piperidine rings is 1. The van der Waals surface area contributed by atoms with Crippen LogP contribution in [0.3, 0.4) is 0 Å². The van der Waals surface area contributed by atoms with E-state index < -0.39 is 36.5 Å². The minimum absolute atomic E-state index is 0.0749. The molecule has 8 nitrogen and oxygen atoms in total. The molecule has 2 aliphatic heterocycles. The fourth-order valence-electron chi connectivity index (χ4n) is 4.49. The number of nitrogens with one attached hydrogen (secondary N) is 1. The Labute approximate surface area is 195 Å². The van der Waals surface area contributed by atoms with Crippen LogP contribution in [0.15, 0.2) is 29.9 Å². The van der Waals surface area contributed by atoms with Crippen LogP contribution in [0.2, 0.25) is 0 Å². The van der Waals surface area contributed by atoms with E-state index in [4.69, 9.17) is 10.5 Å². The second-order valence-corrected chi connectivity index (χ2v) is 9.22. The zero-order valence-corrected chi connectivity index (χ0v) is 18.6. The van der Waals surface area contributed by atoms with Crippen LogP contribution < -0.4 is 11.1 Å². The Morgan fingerprint density at radius 3 is 2.76 bits per heavy atom. The lowest BCUT2D eigenvalue weighted by atomic mass is 9.88. The van der Waals surface area contributed by atoms with Crippen LogP contribution in [0.4, 0.5) is 24.7 Å². The molecule has 2 unspecified atom stereocenters. The Hall–Kier alpha value is -3.25. The first kappa shape index (κ1) is 22.5. The topological polar surface area (TPSA) is 110 Å². The molecule has 0 radical (unpaired) electrons. The third-order valence-corrected chi connectivity index (χ3v) is 7.12. The van der Waals surface area contributed by atoms with E-state index >= 15 is 0 Å². The summed E-state index contributed by atoms with van der Waals surface area (Å²) in [6.45, 7) is -0.189. The number of ether oxygens (including phenoxy) is 1. The average molecular weight is 491 g/mol. The molecule has 1 aromatic carbocycles. The lowest BCUT2D eigenvalue weighted by Gasteiger charge is -2.40. The van der Waals surface area contributed by atoms with Gasteiger partial charge in [0.1, 0.15) is 5.82 Å². The number of hydrogen-bond donors (Lipinski definition) is 2. The van der Waals surface area contributed by atoms with Crippen LogP contribution in [0, 0.1) is 5.92 Å². The Balaban J connectivity index is 1.43. The van der Waals surface area contributed by atoms with Gasteiger partial charge in [0.25, 0.3) is 0 Å². The molecule has 0 spiro atoms. The molecule has 2 aliphatic rings. The summed E-state index contributed by atoms with van der Waals surface area (Å²) in [5.41, 5.74) is 10.3. The summed E-state index contributed by atoms with van der Waals surface area (Å²) in [6.07, 6.45) is -3.22. The SMILES string of the molecule is Nc1ncc(NC(=O)C(=O)N2CC(C(F)(F)F)CCC2c2ccc3scnc3c2)c2c1COC2. The molecule has 0 aliphatic carbocycles. The standard InChI is InChI=1S/C22H20F3N5O3S/c23-22(24,25)12-2-3-17(11-1-4-18-15(5-11)28-10-34-18)30(7-12)21(32)20(31)29-16-6-27-19(26)14-9-33-8-13(14)16/h1,4-6,10,12,17H,2-3,7-9H2,(H2,26,27)(H,29,31). The second kappa shape index (κ2) is 8.51. The monoisotopic (exact) mass is 491 g/mol. The largest absolute Gasteiger partial charge is 0.393 e. The van der Waals surface area contributed by atoms with Crippen molar-refractivity contribution in [1.29, 1.82) is 0 Å². The molecule has 2 atom stereocenters. The van der Waals surface area contributed by atoms with Gasteiger partial charge in [-0.1, -0.05) is 6.07 Å². The second-order valence-electron chi connectivity index (χ2n) is 8.33.